The number of fused-ring (bicyclic) bond motifs is 1. The summed E-state index contributed by atoms with van der Waals surface area (Å²) in [6.07, 6.45) is 0.378. The van der Waals surface area contributed by atoms with Gasteiger partial charge in [-0.25, -0.2) is 0 Å². The minimum absolute atomic E-state index is 0. The number of aryl methyl sites for hydroxylation is 1. The molecule has 1 heterocycles. The number of hydrogen-bond acceptors (Lipinski definition) is 1. The highest BCUT2D eigenvalue weighted by Gasteiger charge is 2.14. The Kier molecular flexibility index (Phi) is 4.33. The summed E-state index contributed by atoms with van der Waals surface area (Å²) in [6, 6.07) is 7.76. The van der Waals surface area contributed by atoms with Crippen LogP contribution in [-0.4, -0.2) is 11.7 Å². The Bertz CT molecular complexity index is 467. The lowest BCUT2D eigenvalue weighted by Crippen LogP contribution is -2.11. The molecule has 1 atom stereocenters. The van der Waals surface area contributed by atoms with Crippen molar-refractivity contribution in [2.24, 2.45) is 5.73 Å². The highest BCUT2D eigenvalue weighted by molar-refractivity contribution is 5.85. The molecule has 88 valence electrons. The molecule has 1 aromatic carbocycles. The zero-order valence-electron chi connectivity index (χ0n) is 9.16. The van der Waals surface area contributed by atoms with Gasteiger partial charge in [-0.05, 0) is 25.0 Å². The van der Waals surface area contributed by atoms with Gasteiger partial charge in [-0.15, -0.1) is 12.4 Å². The van der Waals surface area contributed by atoms with E-state index < -0.39 is 0 Å². The molecule has 0 amide bonds. The monoisotopic (exact) mass is 242 g/mol. The van der Waals surface area contributed by atoms with E-state index in [2.05, 4.69) is 4.98 Å². The van der Waals surface area contributed by atoms with Gasteiger partial charge < -0.3 is 10.7 Å². The molecule has 0 saturated carbocycles. The predicted molar refractivity (Wildman–Crippen MR) is 67.8 cm³/mol. The van der Waals surface area contributed by atoms with Gasteiger partial charge in [0.25, 0.3) is 0 Å². The second-order valence-electron chi connectivity index (χ2n) is 3.79. The Morgan fingerprint density at radius 1 is 1.38 bits per heavy atom. The van der Waals surface area contributed by atoms with Crippen LogP contribution in [-0.2, 0) is 0 Å². The molecule has 4 heteroatoms. The topological polar surface area (TPSA) is 41.8 Å². The zero-order valence-corrected chi connectivity index (χ0v) is 9.98. The van der Waals surface area contributed by atoms with Gasteiger partial charge in [0.1, 0.15) is 0 Å². The Labute approximate surface area is 100 Å². The van der Waals surface area contributed by atoms with E-state index in [1.165, 1.54) is 0 Å². The van der Waals surface area contributed by atoms with Crippen LogP contribution in [0, 0.1) is 6.92 Å². The second kappa shape index (κ2) is 5.32. The van der Waals surface area contributed by atoms with Gasteiger partial charge in [-0.1, -0.05) is 18.2 Å². The first-order chi connectivity index (χ1) is 7.24. The molecular formula is C12H16ClFN2. The van der Waals surface area contributed by atoms with E-state index in [0.29, 0.717) is 6.42 Å². The number of para-hydroxylation sites is 1. The lowest BCUT2D eigenvalue weighted by molar-refractivity contribution is 0.442. The normalized spacial score (nSPS) is 12.4. The number of nitrogens with two attached hydrogens (primary N) is 1. The summed E-state index contributed by atoms with van der Waals surface area (Å²) >= 11 is 0. The van der Waals surface area contributed by atoms with Gasteiger partial charge in [0.05, 0.1) is 6.67 Å². The standard InChI is InChI=1S/C12H15FN2.ClH/c1-8-12(10(14)6-7-13)9-4-2-3-5-11(9)15-8;/h2-5,10,15H,6-7,14H2,1H3;1H/t10-;/m0./s1. The fourth-order valence-corrected chi connectivity index (χ4v) is 2.04. The Morgan fingerprint density at radius 3 is 2.75 bits per heavy atom. The summed E-state index contributed by atoms with van der Waals surface area (Å²) in [5.41, 5.74) is 9.11. The lowest BCUT2D eigenvalue weighted by atomic mass is 10.0. The number of alkyl halides is 1. The summed E-state index contributed by atoms with van der Waals surface area (Å²) in [5.74, 6) is 0. The fraction of sp³-hybridized carbons (Fsp3) is 0.333. The maximum Gasteiger partial charge on any atom is 0.0912 e. The minimum Gasteiger partial charge on any atom is -0.358 e. The first-order valence-electron chi connectivity index (χ1n) is 5.12. The molecule has 0 aliphatic heterocycles. The van der Waals surface area contributed by atoms with Gasteiger partial charge in [0.15, 0.2) is 0 Å². The molecular weight excluding hydrogens is 227 g/mol. The van der Waals surface area contributed by atoms with Crippen LogP contribution in [0.4, 0.5) is 4.39 Å². The summed E-state index contributed by atoms with van der Waals surface area (Å²) in [7, 11) is 0. The number of rotatable bonds is 3. The van der Waals surface area contributed by atoms with E-state index in [9.17, 15) is 4.39 Å². The fourth-order valence-electron chi connectivity index (χ4n) is 2.04. The molecule has 2 nitrogen and oxygen atoms in total. The molecule has 1 aromatic heterocycles. The molecule has 3 N–H and O–H groups in total. The van der Waals surface area contributed by atoms with E-state index in [-0.39, 0.29) is 25.1 Å². The van der Waals surface area contributed by atoms with Gasteiger partial charge in [0, 0.05) is 22.6 Å². The lowest BCUT2D eigenvalue weighted by Gasteiger charge is -2.09. The molecule has 0 aliphatic rings. The average molecular weight is 243 g/mol. The van der Waals surface area contributed by atoms with Crippen molar-refractivity contribution in [2.75, 3.05) is 6.67 Å². The molecule has 0 spiro atoms. The smallest absolute Gasteiger partial charge is 0.0912 e. The molecule has 0 radical (unpaired) electrons. The summed E-state index contributed by atoms with van der Waals surface area (Å²) in [4.78, 5) is 3.26. The summed E-state index contributed by atoms with van der Waals surface area (Å²) in [5, 5.41) is 1.11. The molecule has 0 fully saturated rings. The number of H-pyrrole nitrogens is 1. The van der Waals surface area contributed by atoms with Gasteiger partial charge in [-0.2, -0.15) is 0 Å². The van der Waals surface area contributed by atoms with Crippen molar-refractivity contribution in [3.05, 3.63) is 35.5 Å². The molecule has 0 aliphatic carbocycles. The van der Waals surface area contributed by atoms with E-state index in [0.717, 1.165) is 22.2 Å². The van der Waals surface area contributed by atoms with Crippen LogP contribution in [0.25, 0.3) is 10.9 Å². The van der Waals surface area contributed by atoms with E-state index in [1.54, 1.807) is 0 Å². The minimum atomic E-state index is -0.375. The van der Waals surface area contributed by atoms with Crippen molar-refractivity contribution < 1.29 is 4.39 Å². The third-order valence-corrected chi connectivity index (χ3v) is 2.73. The predicted octanol–water partition coefficient (Wildman–Crippen LogP) is 3.26. The molecule has 0 bridgehead atoms. The van der Waals surface area contributed by atoms with Crippen LogP contribution in [0.3, 0.4) is 0 Å². The average Bonchev–Trinajstić information content (AvgIpc) is 2.54. The van der Waals surface area contributed by atoms with E-state index in [1.807, 2.05) is 31.2 Å². The van der Waals surface area contributed by atoms with Crippen LogP contribution < -0.4 is 5.73 Å². The Hall–Kier alpha value is -1.06. The largest absolute Gasteiger partial charge is 0.358 e. The van der Waals surface area contributed by atoms with Gasteiger partial charge >= 0.3 is 0 Å². The van der Waals surface area contributed by atoms with Crippen LogP contribution in [0.1, 0.15) is 23.7 Å². The van der Waals surface area contributed by atoms with Crippen molar-refractivity contribution in [1.82, 2.24) is 4.98 Å². The summed E-state index contributed by atoms with van der Waals surface area (Å²) < 4.78 is 12.3. The van der Waals surface area contributed by atoms with Crippen LogP contribution in [0.2, 0.25) is 0 Å². The van der Waals surface area contributed by atoms with Gasteiger partial charge in [0.2, 0.25) is 0 Å². The Morgan fingerprint density at radius 2 is 2.06 bits per heavy atom. The maximum atomic E-state index is 12.3. The van der Waals surface area contributed by atoms with Crippen molar-refractivity contribution >= 4 is 23.3 Å². The van der Waals surface area contributed by atoms with Crippen LogP contribution >= 0.6 is 12.4 Å². The SMILES string of the molecule is Cc1[nH]c2ccccc2c1[C@@H](N)CCF.Cl. The molecule has 0 unspecified atom stereocenters. The summed E-state index contributed by atoms with van der Waals surface area (Å²) in [6.45, 7) is 1.60. The third-order valence-electron chi connectivity index (χ3n) is 2.73. The quantitative estimate of drug-likeness (QED) is 0.852. The van der Waals surface area contributed by atoms with Crippen molar-refractivity contribution in [3.8, 4) is 0 Å². The molecule has 2 aromatic rings. The number of benzene rings is 1. The number of nitrogens with one attached hydrogen (secondary N) is 1. The number of hydrogen-bond donors (Lipinski definition) is 2. The third kappa shape index (κ3) is 2.20. The maximum absolute atomic E-state index is 12.3. The first-order valence-corrected chi connectivity index (χ1v) is 5.12. The van der Waals surface area contributed by atoms with Crippen molar-refractivity contribution in [2.45, 2.75) is 19.4 Å². The van der Waals surface area contributed by atoms with Crippen LogP contribution in [0.5, 0.6) is 0 Å². The zero-order chi connectivity index (χ0) is 10.8. The van der Waals surface area contributed by atoms with E-state index >= 15 is 0 Å². The van der Waals surface area contributed by atoms with Crippen LogP contribution in [0.15, 0.2) is 24.3 Å². The van der Waals surface area contributed by atoms with Crippen molar-refractivity contribution in [3.63, 3.8) is 0 Å². The Balaban J connectivity index is 0.00000128. The number of halogens is 2. The number of aromatic amines is 1. The molecule has 0 saturated heterocycles. The molecule has 16 heavy (non-hydrogen) atoms. The second-order valence-corrected chi connectivity index (χ2v) is 3.79. The highest BCUT2D eigenvalue weighted by Crippen LogP contribution is 2.27. The van der Waals surface area contributed by atoms with Crippen molar-refractivity contribution in [1.29, 1.82) is 0 Å². The van der Waals surface area contributed by atoms with Gasteiger partial charge in [-0.3, -0.25) is 4.39 Å². The molecule has 2 rings (SSSR count). The van der Waals surface area contributed by atoms with E-state index in [4.69, 9.17) is 5.73 Å². The first kappa shape index (κ1) is 13.0. The number of aromatic nitrogens is 1. The highest BCUT2D eigenvalue weighted by atomic mass is 35.5.